The Balaban J connectivity index is 2.04. The van der Waals surface area contributed by atoms with Crippen LogP contribution in [0, 0.1) is 25.1 Å². The minimum Gasteiger partial charge on any atom is -0.458 e. The predicted octanol–water partition coefficient (Wildman–Crippen LogP) is 4.00. The van der Waals surface area contributed by atoms with Crippen LogP contribution in [0.4, 0.5) is 4.39 Å². The van der Waals surface area contributed by atoms with Crippen molar-refractivity contribution in [3.63, 3.8) is 0 Å². The Morgan fingerprint density at radius 3 is 2.39 bits per heavy atom. The lowest BCUT2D eigenvalue weighted by molar-refractivity contribution is -0.156. The molecule has 1 aliphatic heterocycles. The first-order valence-electron chi connectivity index (χ1n) is 9.81. The molecule has 28 heavy (non-hydrogen) atoms. The fourth-order valence-electron chi connectivity index (χ4n) is 4.38. The van der Waals surface area contributed by atoms with Crippen molar-refractivity contribution in [1.82, 2.24) is 0 Å². The third kappa shape index (κ3) is 4.36. The summed E-state index contributed by atoms with van der Waals surface area (Å²) in [7, 11) is 0. The number of carbonyl (C=O) groups excluding carboxylic acids is 1. The van der Waals surface area contributed by atoms with Crippen LogP contribution < -0.4 is 0 Å². The summed E-state index contributed by atoms with van der Waals surface area (Å²) < 4.78 is 19.4. The molecule has 1 aromatic carbocycles. The molecule has 3 atom stereocenters. The number of ether oxygens (including phenoxy) is 1. The molecule has 0 spiro atoms. The molecule has 3 rings (SSSR count). The number of benzene rings is 1. The Labute approximate surface area is 165 Å². The molecule has 5 heteroatoms. The number of rotatable bonds is 3. The third-order valence-electron chi connectivity index (χ3n) is 5.69. The molecular weight excluding hydrogens is 359 g/mol. The Hall–Kier alpha value is -1.98. The molecule has 0 aromatic heterocycles. The number of hydrogen-bond acceptors (Lipinski definition) is 4. The minimum absolute atomic E-state index is 0.0319. The molecular formula is C23H29FO4. The van der Waals surface area contributed by atoms with Gasteiger partial charge < -0.3 is 14.9 Å². The van der Waals surface area contributed by atoms with Crippen molar-refractivity contribution in [3.8, 4) is 0 Å². The number of cyclic esters (lactones) is 1. The van der Waals surface area contributed by atoms with Crippen LogP contribution in [0.1, 0.15) is 56.2 Å². The Morgan fingerprint density at radius 1 is 1.14 bits per heavy atom. The van der Waals surface area contributed by atoms with Gasteiger partial charge in [0, 0.05) is 6.42 Å². The van der Waals surface area contributed by atoms with Crippen molar-refractivity contribution in [2.45, 2.75) is 71.7 Å². The summed E-state index contributed by atoms with van der Waals surface area (Å²) in [6.45, 7) is 7.63. The highest BCUT2D eigenvalue weighted by molar-refractivity contribution is 5.75. The van der Waals surface area contributed by atoms with Gasteiger partial charge in [-0.05, 0) is 78.1 Å². The van der Waals surface area contributed by atoms with Gasteiger partial charge in [0.15, 0.2) is 0 Å². The number of esters is 1. The topological polar surface area (TPSA) is 66.8 Å². The summed E-state index contributed by atoms with van der Waals surface area (Å²) >= 11 is 0. The normalized spacial score (nSPS) is 28.0. The standard InChI is InChI=1S/C23H29FO4/c1-13-7-15(8-14(2)22(13)24)19-10-17(26)12-23(3,4)20(19)6-5-18-9-16(25)11-21(27)28-18/h5-8,16-18,25-26H,9-12H2,1-4H3. The Kier molecular flexibility index (Phi) is 5.78. The Bertz CT molecular complexity index is 814. The molecule has 0 amide bonds. The lowest BCUT2D eigenvalue weighted by Crippen LogP contribution is -2.32. The number of aliphatic hydroxyl groups excluding tert-OH is 2. The number of allylic oxidation sites excluding steroid dienone is 2. The average molecular weight is 388 g/mol. The van der Waals surface area contributed by atoms with Crippen LogP contribution in [0.25, 0.3) is 5.57 Å². The van der Waals surface area contributed by atoms with Gasteiger partial charge in [-0.2, -0.15) is 0 Å². The van der Waals surface area contributed by atoms with Crippen LogP contribution in [-0.4, -0.2) is 34.5 Å². The summed E-state index contributed by atoms with van der Waals surface area (Å²) in [5.41, 5.74) is 3.79. The van der Waals surface area contributed by atoms with E-state index >= 15 is 0 Å². The second kappa shape index (κ2) is 7.80. The molecule has 1 aromatic rings. The monoisotopic (exact) mass is 388 g/mol. The summed E-state index contributed by atoms with van der Waals surface area (Å²) in [5.74, 6) is -0.606. The number of carbonyl (C=O) groups is 1. The van der Waals surface area contributed by atoms with E-state index in [9.17, 15) is 19.4 Å². The summed E-state index contributed by atoms with van der Waals surface area (Å²) in [4.78, 5) is 11.6. The van der Waals surface area contributed by atoms with Crippen LogP contribution in [0.15, 0.2) is 29.9 Å². The van der Waals surface area contributed by atoms with Gasteiger partial charge >= 0.3 is 5.97 Å². The highest BCUT2D eigenvalue weighted by atomic mass is 19.1. The maximum atomic E-state index is 14.1. The van der Waals surface area contributed by atoms with Gasteiger partial charge in [0.05, 0.1) is 18.6 Å². The third-order valence-corrected chi connectivity index (χ3v) is 5.69. The van der Waals surface area contributed by atoms with Crippen molar-refractivity contribution in [2.75, 3.05) is 0 Å². The quantitative estimate of drug-likeness (QED) is 0.768. The van der Waals surface area contributed by atoms with Gasteiger partial charge in [-0.1, -0.05) is 19.9 Å². The second-order valence-corrected chi connectivity index (χ2v) is 8.74. The molecule has 1 aliphatic carbocycles. The number of halogens is 1. The average Bonchev–Trinajstić information content (AvgIpc) is 2.56. The number of hydrogen-bond donors (Lipinski definition) is 2. The minimum atomic E-state index is -0.687. The van der Waals surface area contributed by atoms with E-state index in [0.29, 0.717) is 30.4 Å². The predicted molar refractivity (Wildman–Crippen MR) is 106 cm³/mol. The van der Waals surface area contributed by atoms with E-state index in [1.54, 1.807) is 13.8 Å². The maximum absolute atomic E-state index is 14.1. The number of aliphatic hydroxyl groups is 2. The smallest absolute Gasteiger partial charge is 0.309 e. The first-order chi connectivity index (χ1) is 13.1. The lowest BCUT2D eigenvalue weighted by atomic mass is 9.69. The molecule has 2 N–H and O–H groups in total. The summed E-state index contributed by atoms with van der Waals surface area (Å²) in [6, 6.07) is 3.65. The molecule has 1 heterocycles. The first-order valence-corrected chi connectivity index (χ1v) is 9.81. The fourth-order valence-corrected chi connectivity index (χ4v) is 4.38. The summed E-state index contributed by atoms with van der Waals surface area (Å²) in [6.07, 6.45) is 3.65. The van der Waals surface area contributed by atoms with Crippen molar-refractivity contribution in [1.29, 1.82) is 0 Å². The van der Waals surface area contributed by atoms with Crippen molar-refractivity contribution in [3.05, 3.63) is 52.4 Å². The first kappa shape index (κ1) is 20.7. The van der Waals surface area contributed by atoms with Gasteiger partial charge in [0.1, 0.15) is 11.9 Å². The molecule has 0 saturated carbocycles. The van der Waals surface area contributed by atoms with Crippen LogP contribution in [0.2, 0.25) is 0 Å². The molecule has 2 aliphatic rings. The van der Waals surface area contributed by atoms with Crippen molar-refractivity contribution in [2.24, 2.45) is 5.41 Å². The van der Waals surface area contributed by atoms with Crippen LogP contribution >= 0.6 is 0 Å². The zero-order valence-electron chi connectivity index (χ0n) is 17.0. The van der Waals surface area contributed by atoms with E-state index in [4.69, 9.17) is 4.74 Å². The fraction of sp³-hybridized carbons (Fsp3) is 0.522. The highest BCUT2D eigenvalue weighted by Gasteiger charge is 2.34. The largest absolute Gasteiger partial charge is 0.458 e. The number of aryl methyl sites for hydroxylation is 2. The van der Waals surface area contributed by atoms with E-state index < -0.39 is 24.3 Å². The van der Waals surface area contributed by atoms with Crippen molar-refractivity contribution >= 4 is 11.5 Å². The van der Waals surface area contributed by atoms with E-state index in [-0.39, 0.29) is 17.7 Å². The van der Waals surface area contributed by atoms with Crippen LogP contribution in [0.3, 0.4) is 0 Å². The van der Waals surface area contributed by atoms with Crippen molar-refractivity contribution < 1.29 is 24.1 Å². The van der Waals surface area contributed by atoms with Crippen LogP contribution in [-0.2, 0) is 9.53 Å². The molecule has 4 nitrogen and oxygen atoms in total. The Morgan fingerprint density at radius 2 is 1.79 bits per heavy atom. The summed E-state index contributed by atoms with van der Waals surface area (Å²) in [5, 5.41) is 20.3. The van der Waals surface area contributed by atoms with E-state index in [1.165, 1.54) is 0 Å². The lowest BCUT2D eigenvalue weighted by Gasteiger charge is -2.37. The zero-order chi connectivity index (χ0) is 20.6. The molecule has 152 valence electrons. The second-order valence-electron chi connectivity index (χ2n) is 8.74. The van der Waals surface area contributed by atoms with E-state index in [1.807, 2.05) is 24.3 Å². The molecule has 0 radical (unpaired) electrons. The molecule has 1 fully saturated rings. The van der Waals surface area contributed by atoms with Gasteiger partial charge in [-0.15, -0.1) is 0 Å². The van der Waals surface area contributed by atoms with Gasteiger partial charge in [0.25, 0.3) is 0 Å². The molecule has 3 unspecified atom stereocenters. The molecule has 0 bridgehead atoms. The SMILES string of the molecule is Cc1cc(C2=C(C=CC3CC(O)CC(=O)O3)C(C)(C)CC(O)C2)cc(C)c1F. The van der Waals surface area contributed by atoms with Gasteiger partial charge in [-0.25, -0.2) is 4.39 Å². The van der Waals surface area contributed by atoms with E-state index in [2.05, 4.69) is 13.8 Å². The van der Waals surface area contributed by atoms with Crippen LogP contribution in [0.5, 0.6) is 0 Å². The highest BCUT2D eigenvalue weighted by Crippen LogP contribution is 2.45. The maximum Gasteiger partial charge on any atom is 0.309 e. The zero-order valence-corrected chi connectivity index (χ0v) is 17.0. The van der Waals surface area contributed by atoms with E-state index in [0.717, 1.165) is 16.7 Å². The van der Waals surface area contributed by atoms with Gasteiger partial charge in [-0.3, -0.25) is 4.79 Å². The van der Waals surface area contributed by atoms with Gasteiger partial charge in [0.2, 0.25) is 0 Å². The molecule has 1 saturated heterocycles.